The van der Waals surface area contributed by atoms with Gasteiger partial charge < -0.3 is 5.32 Å². The van der Waals surface area contributed by atoms with E-state index in [4.69, 9.17) is 0 Å². The number of hydrogen-bond donors (Lipinski definition) is 1. The van der Waals surface area contributed by atoms with E-state index in [0.29, 0.717) is 4.88 Å². The third-order valence-corrected chi connectivity index (χ3v) is 7.53. The Labute approximate surface area is 203 Å². The Balaban J connectivity index is 1.49. The molecule has 2 amide bonds. The summed E-state index contributed by atoms with van der Waals surface area (Å²) in [5, 5.41) is 8.76. The second kappa shape index (κ2) is 9.43. The maximum atomic E-state index is 13.8. The first-order valence-electron chi connectivity index (χ1n) is 11.7. The Bertz CT molecular complexity index is 1340. The van der Waals surface area contributed by atoms with Crippen molar-refractivity contribution < 1.29 is 9.59 Å². The molecule has 34 heavy (non-hydrogen) atoms. The molecule has 1 saturated carbocycles. The fourth-order valence-electron chi connectivity index (χ4n) is 4.65. The lowest BCUT2D eigenvalue weighted by molar-refractivity contribution is -0.120. The number of rotatable bonds is 6. The normalized spacial score (nSPS) is 13.9. The van der Waals surface area contributed by atoms with Crippen LogP contribution in [-0.2, 0) is 4.79 Å². The number of aromatic nitrogens is 2. The van der Waals surface area contributed by atoms with Crippen LogP contribution in [0.2, 0.25) is 0 Å². The number of amides is 2. The van der Waals surface area contributed by atoms with E-state index in [1.54, 1.807) is 4.90 Å². The fourth-order valence-corrected chi connectivity index (χ4v) is 5.78. The van der Waals surface area contributed by atoms with E-state index in [-0.39, 0.29) is 24.4 Å². The molecule has 2 aromatic carbocycles. The molecule has 174 valence electrons. The van der Waals surface area contributed by atoms with Crippen LogP contribution in [0.15, 0.2) is 60.7 Å². The third-order valence-electron chi connectivity index (χ3n) is 6.43. The summed E-state index contributed by atoms with van der Waals surface area (Å²) in [5.41, 5.74) is 3.54. The van der Waals surface area contributed by atoms with Gasteiger partial charge in [0.1, 0.15) is 11.4 Å². The van der Waals surface area contributed by atoms with Gasteiger partial charge in [0.25, 0.3) is 5.91 Å². The third kappa shape index (κ3) is 4.35. The van der Waals surface area contributed by atoms with Crippen LogP contribution in [0.4, 0.5) is 5.69 Å². The minimum absolute atomic E-state index is 0.00176. The molecule has 1 fully saturated rings. The topological polar surface area (TPSA) is 67.2 Å². The van der Waals surface area contributed by atoms with Crippen LogP contribution in [-0.4, -0.2) is 34.2 Å². The van der Waals surface area contributed by atoms with Gasteiger partial charge in [-0.3, -0.25) is 14.5 Å². The zero-order chi connectivity index (χ0) is 23.7. The van der Waals surface area contributed by atoms with Gasteiger partial charge in [-0.1, -0.05) is 49.2 Å². The SMILES string of the molecule is Cc1ccccc1N(CC(=O)NC1CCCC1)C(=O)c1cc2c(C)nn(-c3ccccc3)c2s1. The number of anilines is 1. The van der Waals surface area contributed by atoms with Crippen molar-refractivity contribution in [3.05, 3.63) is 76.8 Å². The summed E-state index contributed by atoms with van der Waals surface area (Å²) in [7, 11) is 0. The monoisotopic (exact) mass is 472 g/mol. The Kier molecular flexibility index (Phi) is 6.20. The first-order chi connectivity index (χ1) is 16.5. The first-order valence-corrected chi connectivity index (χ1v) is 12.5. The average molecular weight is 473 g/mol. The van der Waals surface area contributed by atoms with Crippen LogP contribution in [0.3, 0.4) is 0 Å². The second-order valence-corrected chi connectivity index (χ2v) is 9.92. The number of thiophene rings is 1. The highest BCUT2D eigenvalue weighted by Crippen LogP contribution is 2.32. The number of nitrogens with zero attached hydrogens (tertiary/aromatic N) is 3. The molecule has 6 nitrogen and oxygen atoms in total. The van der Waals surface area contributed by atoms with Gasteiger partial charge in [-0.25, -0.2) is 4.68 Å². The number of benzene rings is 2. The van der Waals surface area contributed by atoms with E-state index < -0.39 is 0 Å². The van der Waals surface area contributed by atoms with Crippen LogP contribution in [0, 0.1) is 13.8 Å². The first kappa shape index (κ1) is 22.3. The maximum Gasteiger partial charge on any atom is 0.268 e. The number of fused-ring (bicyclic) bond motifs is 1. The Hall–Kier alpha value is -3.45. The Morgan fingerprint density at radius 1 is 1.06 bits per heavy atom. The molecular weight excluding hydrogens is 444 g/mol. The number of carbonyl (C=O) groups excluding carboxylic acids is 2. The molecule has 0 spiro atoms. The van der Waals surface area contributed by atoms with Crippen molar-refractivity contribution in [3.63, 3.8) is 0 Å². The van der Waals surface area contributed by atoms with Crippen molar-refractivity contribution in [1.29, 1.82) is 0 Å². The molecule has 1 aliphatic rings. The van der Waals surface area contributed by atoms with Gasteiger partial charge in [0.05, 0.1) is 16.3 Å². The largest absolute Gasteiger partial charge is 0.352 e. The van der Waals surface area contributed by atoms with Crippen LogP contribution in [0.5, 0.6) is 0 Å². The van der Waals surface area contributed by atoms with Crippen molar-refractivity contribution in [3.8, 4) is 5.69 Å². The van der Waals surface area contributed by atoms with Gasteiger partial charge in [-0.2, -0.15) is 5.10 Å². The smallest absolute Gasteiger partial charge is 0.268 e. The molecule has 5 rings (SSSR count). The predicted octanol–water partition coefficient (Wildman–Crippen LogP) is 5.41. The molecule has 0 aliphatic heterocycles. The predicted molar refractivity (Wildman–Crippen MR) is 137 cm³/mol. The van der Waals surface area contributed by atoms with Crippen LogP contribution in [0.25, 0.3) is 15.9 Å². The summed E-state index contributed by atoms with van der Waals surface area (Å²) in [5.74, 6) is -0.285. The number of hydrogen-bond acceptors (Lipinski definition) is 4. The summed E-state index contributed by atoms with van der Waals surface area (Å²) in [6.07, 6.45) is 4.31. The number of nitrogens with one attached hydrogen (secondary N) is 1. The van der Waals surface area contributed by atoms with Crippen molar-refractivity contribution in [1.82, 2.24) is 15.1 Å². The van der Waals surface area contributed by atoms with Gasteiger partial charge in [-0.15, -0.1) is 11.3 Å². The molecular formula is C27H28N4O2S. The molecule has 1 aliphatic carbocycles. The molecule has 2 heterocycles. The molecule has 7 heteroatoms. The second-order valence-electron chi connectivity index (χ2n) is 8.89. The summed E-state index contributed by atoms with van der Waals surface area (Å²) < 4.78 is 1.89. The van der Waals surface area contributed by atoms with Crippen molar-refractivity contribution in [2.45, 2.75) is 45.6 Å². The van der Waals surface area contributed by atoms with Gasteiger partial charge in [0.2, 0.25) is 5.91 Å². The van der Waals surface area contributed by atoms with Crippen LogP contribution < -0.4 is 10.2 Å². The molecule has 0 radical (unpaired) electrons. The van der Waals surface area contributed by atoms with E-state index in [2.05, 4.69) is 10.4 Å². The zero-order valence-corrected chi connectivity index (χ0v) is 20.3. The summed E-state index contributed by atoms with van der Waals surface area (Å²) in [6.45, 7) is 3.92. The number of carbonyl (C=O) groups is 2. The lowest BCUT2D eigenvalue weighted by atomic mass is 10.1. The number of para-hydroxylation sites is 2. The van der Waals surface area contributed by atoms with Crippen molar-refractivity contribution in [2.75, 3.05) is 11.4 Å². The molecule has 0 atom stereocenters. The standard InChI is InChI=1S/C27H28N4O2S/c1-18-10-6-9-15-23(18)30(17-25(32)28-20-11-7-8-12-20)26(33)24-16-22-19(2)29-31(27(22)34-24)21-13-4-3-5-14-21/h3-6,9-10,13-16,20H,7-8,11-12,17H2,1-2H3,(H,28,32). The quantitative estimate of drug-likeness (QED) is 0.408. The minimum Gasteiger partial charge on any atom is -0.352 e. The van der Waals surface area contributed by atoms with E-state index in [1.807, 2.05) is 79.2 Å². The highest BCUT2D eigenvalue weighted by Gasteiger charge is 2.26. The molecule has 0 unspecified atom stereocenters. The van der Waals surface area contributed by atoms with E-state index >= 15 is 0 Å². The van der Waals surface area contributed by atoms with Crippen LogP contribution in [0.1, 0.15) is 46.6 Å². The summed E-state index contributed by atoms with van der Waals surface area (Å²) in [6, 6.07) is 19.7. The average Bonchev–Trinajstić information content (AvgIpc) is 3.57. The fraction of sp³-hybridized carbons (Fsp3) is 0.296. The highest BCUT2D eigenvalue weighted by atomic mass is 32.1. The van der Waals surface area contributed by atoms with Crippen molar-refractivity contribution >= 4 is 39.1 Å². The summed E-state index contributed by atoms with van der Waals surface area (Å²) >= 11 is 1.41. The molecule has 0 saturated heterocycles. The molecule has 4 aromatic rings. The van der Waals surface area contributed by atoms with Gasteiger partial charge >= 0.3 is 0 Å². The lowest BCUT2D eigenvalue weighted by Gasteiger charge is -2.24. The highest BCUT2D eigenvalue weighted by molar-refractivity contribution is 7.20. The Morgan fingerprint density at radius 2 is 1.76 bits per heavy atom. The van der Waals surface area contributed by atoms with Gasteiger partial charge in [-0.05, 0) is 56.5 Å². The van der Waals surface area contributed by atoms with E-state index in [1.165, 1.54) is 11.3 Å². The van der Waals surface area contributed by atoms with Crippen LogP contribution >= 0.6 is 11.3 Å². The van der Waals surface area contributed by atoms with E-state index in [9.17, 15) is 9.59 Å². The van der Waals surface area contributed by atoms with Gasteiger partial charge in [0.15, 0.2) is 0 Å². The van der Waals surface area contributed by atoms with E-state index in [0.717, 1.165) is 58.5 Å². The lowest BCUT2D eigenvalue weighted by Crippen LogP contribution is -2.43. The maximum absolute atomic E-state index is 13.8. The zero-order valence-electron chi connectivity index (χ0n) is 19.5. The molecule has 2 aromatic heterocycles. The Morgan fingerprint density at radius 3 is 2.50 bits per heavy atom. The number of aryl methyl sites for hydroxylation is 2. The minimum atomic E-state index is -0.170. The summed E-state index contributed by atoms with van der Waals surface area (Å²) in [4.78, 5) is 29.9. The van der Waals surface area contributed by atoms with Crippen molar-refractivity contribution in [2.24, 2.45) is 0 Å². The van der Waals surface area contributed by atoms with Gasteiger partial charge in [0, 0.05) is 17.1 Å². The molecule has 1 N–H and O–H groups in total. The molecule has 0 bridgehead atoms.